The average molecular weight is 265 g/mol. The van der Waals surface area contributed by atoms with Crippen molar-refractivity contribution in [2.24, 2.45) is 0 Å². The van der Waals surface area contributed by atoms with E-state index in [4.69, 9.17) is 10.5 Å². The molecule has 0 aliphatic carbocycles. The molecule has 0 heterocycles. The Morgan fingerprint density at radius 1 is 1.42 bits per heavy atom. The molecule has 104 valence electrons. The maximum atomic E-state index is 12.2. The van der Waals surface area contributed by atoms with Crippen LogP contribution in [0.3, 0.4) is 0 Å². The lowest BCUT2D eigenvalue weighted by atomic mass is 10.1. The van der Waals surface area contributed by atoms with Crippen LogP contribution in [0.1, 0.15) is 16.8 Å². The van der Waals surface area contributed by atoms with Gasteiger partial charge in [0.15, 0.2) is 0 Å². The van der Waals surface area contributed by atoms with Gasteiger partial charge in [-0.25, -0.2) is 0 Å². The van der Waals surface area contributed by atoms with E-state index in [1.54, 1.807) is 32.3 Å². The van der Waals surface area contributed by atoms with Gasteiger partial charge in [-0.15, -0.1) is 0 Å². The van der Waals surface area contributed by atoms with E-state index in [0.29, 0.717) is 23.5 Å². The lowest BCUT2D eigenvalue weighted by Crippen LogP contribution is -2.31. The van der Waals surface area contributed by atoms with Crippen LogP contribution in [0.25, 0.3) is 0 Å². The van der Waals surface area contributed by atoms with E-state index in [9.17, 15) is 9.59 Å². The highest BCUT2D eigenvalue weighted by molar-refractivity contribution is 5.97. The SMILES string of the molecule is CNC(=O)CCN(C)C(=O)c1ccc(N)cc1OC. The second-order valence-corrected chi connectivity index (χ2v) is 4.11. The number of carbonyl (C=O) groups excluding carboxylic acids is 2. The summed E-state index contributed by atoms with van der Waals surface area (Å²) in [6, 6.07) is 4.86. The zero-order valence-corrected chi connectivity index (χ0v) is 11.4. The van der Waals surface area contributed by atoms with Crippen LogP contribution in [-0.4, -0.2) is 44.5 Å². The number of nitrogens with zero attached hydrogens (tertiary/aromatic N) is 1. The third-order valence-electron chi connectivity index (χ3n) is 2.76. The molecule has 0 bridgehead atoms. The number of nitrogens with one attached hydrogen (secondary N) is 1. The van der Waals surface area contributed by atoms with Crippen LogP contribution in [-0.2, 0) is 4.79 Å². The Morgan fingerprint density at radius 2 is 2.11 bits per heavy atom. The molecule has 0 aliphatic heterocycles. The van der Waals surface area contributed by atoms with Gasteiger partial charge in [0.25, 0.3) is 5.91 Å². The Labute approximate surface area is 112 Å². The number of nitrogen functional groups attached to an aromatic ring is 1. The number of methoxy groups -OCH3 is 1. The number of hydrogen-bond acceptors (Lipinski definition) is 4. The van der Waals surface area contributed by atoms with E-state index in [1.165, 1.54) is 12.0 Å². The Balaban J connectivity index is 2.79. The van der Waals surface area contributed by atoms with Crippen LogP contribution in [0.4, 0.5) is 5.69 Å². The molecule has 0 radical (unpaired) electrons. The van der Waals surface area contributed by atoms with Gasteiger partial charge < -0.3 is 20.7 Å². The first-order valence-corrected chi connectivity index (χ1v) is 5.89. The first kappa shape index (κ1) is 14.8. The second-order valence-electron chi connectivity index (χ2n) is 4.11. The van der Waals surface area contributed by atoms with Crippen LogP contribution in [0.2, 0.25) is 0 Å². The Morgan fingerprint density at radius 3 is 2.68 bits per heavy atom. The van der Waals surface area contributed by atoms with Crippen molar-refractivity contribution in [2.75, 3.05) is 33.5 Å². The van der Waals surface area contributed by atoms with Crippen molar-refractivity contribution in [2.45, 2.75) is 6.42 Å². The highest BCUT2D eigenvalue weighted by Gasteiger charge is 2.17. The fourth-order valence-corrected chi connectivity index (χ4v) is 1.59. The van der Waals surface area contributed by atoms with Gasteiger partial charge in [-0.2, -0.15) is 0 Å². The maximum Gasteiger partial charge on any atom is 0.257 e. The molecule has 2 amide bonds. The van der Waals surface area contributed by atoms with Crippen molar-refractivity contribution in [3.63, 3.8) is 0 Å². The van der Waals surface area contributed by atoms with E-state index in [0.717, 1.165) is 0 Å². The van der Waals surface area contributed by atoms with Crippen molar-refractivity contribution < 1.29 is 14.3 Å². The Kier molecular flexibility index (Phi) is 5.17. The van der Waals surface area contributed by atoms with Gasteiger partial charge >= 0.3 is 0 Å². The summed E-state index contributed by atoms with van der Waals surface area (Å²) in [6.07, 6.45) is 0.260. The average Bonchev–Trinajstić information content (AvgIpc) is 2.43. The lowest BCUT2D eigenvalue weighted by molar-refractivity contribution is -0.120. The van der Waals surface area contributed by atoms with E-state index >= 15 is 0 Å². The van der Waals surface area contributed by atoms with Gasteiger partial charge in [0.1, 0.15) is 5.75 Å². The first-order valence-electron chi connectivity index (χ1n) is 5.89. The minimum atomic E-state index is -0.208. The summed E-state index contributed by atoms with van der Waals surface area (Å²) in [5.41, 5.74) is 6.59. The zero-order valence-electron chi connectivity index (χ0n) is 11.4. The van der Waals surface area contributed by atoms with Gasteiger partial charge in [-0.1, -0.05) is 0 Å². The van der Waals surface area contributed by atoms with Gasteiger partial charge in [-0.3, -0.25) is 9.59 Å². The highest BCUT2D eigenvalue weighted by atomic mass is 16.5. The van der Waals surface area contributed by atoms with Crippen molar-refractivity contribution in [1.82, 2.24) is 10.2 Å². The standard InChI is InChI=1S/C13H19N3O3/c1-15-12(17)6-7-16(2)13(18)10-5-4-9(14)8-11(10)19-3/h4-5,8H,6-7,14H2,1-3H3,(H,15,17). The monoisotopic (exact) mass is 265 g/mol. The predicted molar refractivity (Wildman–Crippen MR) is 73.1 cm³/mol. The molecule has 0 atom stereocenters. The Hall–Kier alpha value is -2.24. The zero-order chi connectivity index (χ0) is 14.4. The molecule has 0 aliphatic rings. The number of rotatable bonds is 5. The molecule has 0 fully saturated rings. The number of carbonyl (C=O) groups is 2. The summed E-state index contributed by atoms with van der Waals surface area (Å²) in [6.45, 7) is 0.339. The molecule has 6 nitrogen and oxygen atoms in total. The normalized spacial score (nSPS) is 9.84. The summed E-state index contributed by atoms with van der Waals surface area (Å²) in [7, 11) is 4.68. The number of hydrogen-bond donors (Lipinski definition) is 2. The van der Waals surface area contributed by atoms with E-state index in [2.05, 4.69) is 5.32 Å². The molecule has 19 heavy (non-hydrogen) atoms. The quantitative estimate of drug-likeness (QED) is 0.759. The highest BCUT2D eigenvalue weighted by Crippen LogP contribution is 2.22. The molecular formula is C13H19N3O3. The molecular weight excluding hydrogens is 246 g/mol. The van der Waals surface area contributed by atoms with Gasteiger partial charge in [0.05, 0.1) is 12.7 Å². The molecule has 3 N–H and O–H groups in total. The topological polar surface area (TPSA) is 84.7 Å². The second kappa shape index (κ2) is 6.63. The molecule has 0 spiro atoms. The number of benzene rings is 1. The number of nitrogens with two attached hydrogens (primary N) is 1. The fraction of sp³-hybridized carbons (Fsp3) is 0.385. The van der Waals surface area contributed by atoms with Crippen molar-refractivity contribution in [3.8, 4) is 5.75 Å². The van der Waals surface area contributed by atoms with Gasteiger partial charge in [0, 0.05) is 38.8 Å². The summed E-state index contributed by atoms with van der Waals surface area (Å²) in [5, 5.41) is 2.51. The molecule has 0 aromatic heterocycles. The molecule has 1 aromatic carbocycles. The maximum absolute atomic E-state index is 12.2. The predicted octanol–water partition coefficient (Wildman–Crippen LogP) is 0.486. The van der Waals surface area contributed by atoms with Crippen molar-refractivity contribution in [3.05, 3.63) is 23.8 Å². The first-order chi connectivity index (χ1) is 8.99. The molecule has 1 rings (SSSR count). The molecule has 0 saturated heterocycles. The van der Waals surface area contributed by atoms with Gasteiger partial charge in [-0.05, 0) is 12.1 Å². The van der Waals surface area contributed by atoms with E-state index in [-0.39, 0.29) is 18.2 Å². The number of amides is 2. The van der Waals surface area contributed by atoms with E-state index in [1.807, 2.05) is 0 Å². The molecule has 1 aromatic rings. The summed E-state index contributed by atoms with van der Waals surface area (Å²) in [5.74, 6) is 0.112. The van der Waals surface area contributed by atoms with Gasteiger partial charge in [0.2, 0.25) is 5.91 Å². The van der Waals surface area contributed by atoms with Crippen LogP contribution in [0, 0.1) is 0 Å². The van der Waals surface area contributed by atoms with Crippen LogP contribution < -0.4 is 15.8 Å². The summed E-state index contributed by atoms with van der Waals surface area (Å²) in [4.78, 5) is 24.8. The minimum absolute atomic E-state index is 0.107. The number of anilines is 1. The summed E-state index contributed by atoms with van der Waals surface area (Å²) < 4.78 is 5.14. The van der Waals surface area contributed by atoms with Crippen LogP contribution >= 0.6 is 0 Å². The third-order valence-corrected chi connectivity index (χ3v) is 2.76. The minimum Gasteiger partial charge on any atom is -0.496 e. The van der Waals surface area contributed by atoms with Crippen molar-refractivity contribution in [1.29, 1.82) is 0 Å². The lowest BCUT2D eigenvalue weighted by Gasteiger charge is -2.18. The largest absolute Gasteiger partial charge is 0.496 e. The molecule has 6 heteroatoms. The molecule has 0 saturated carbocycles. The van der Waals surface area contributed by atoms with Crippen molar-refractivity contribution >= 4 is 17.5 Å². The fourth-order valence-electron chi connectivity index (χ4n) is 1.59. The van der Waals surface area contributed by atoms with Crippen LogP contribution in [0.5, 0.6) is 5.75 Å². The number of ether oxygens (including phenoxy) is 1. The smallest absolute Gasteiger partial charge is 0.257 e. The Bertz CT molecular complexity index is 474. The van der Waals surface area contributed by atoms with E-state index < -0.39 is 0 Å². The molecule has 0 unspecified atom stereocenters. The third kappa shape index (κ3) is 3.87. The summed E-state index contributed by atoms with van der Waals surface area (Å²) >= 11 is 0. The van der Waals surface area contributed by atoms with Crippen LogP contribution in [0.15, 0.2) is 18.2 Å².